The third-order valence-corrected chi connectivity index (χ3v) is 3.49. The molecule has 18 heavy (non-hydrogen) atoms. The van der Waals surface area contributed by atoms with Crippen LogP contribution in [0.4, 0.5) is 0 Å². The molecule has 4 nitrogen and oxygen atoms in total. The van der Waals surface area contributed by atoms with Gasteiger partial charge in [0, 0.05) is 12.3 Å². The average molecular weight is 249 g/mol. The van der Waals surface area contributed by atoms with Gasteiger partial charge in [0.1, 0.15) is 0 Å². The van der Waals surface area contributed by atoms with E-state index in [0.29, 0.717) is 18.4 Å². The molecule has 1 aliphatic rings. The summed E-state index contributed by atoms with van der Waals surface area (Å²) in [5, 5.41) is 8.88. The monoisotopic (exact) mass is 249 g/mol. The van der Waals surface area contributed by atoms with Crippen LogP contribution in [0.1, 0.15) is 43.0 Å². The number of pyridine rings is 1. The van der Waals surface area contributed by atoms with E-state index in [1.807, 2.05) is 0 Å². The van der Waals surface area contributed by atoms with Crippen molar-refractivity contribution in [2.24, 2.45) is 11.8 Å². The lowest BCUT2D eigenvalue weighted by Gasteiger charge is -2.26. The summed E-state index contributed by atoms with van der Waals surface area (Å²) in [6.07, 6.45) is 6.44. The van der Waals surface area contributed by atoms with Gasteiger partial charge in [-0.1, -0.05) is 19.8 Å². The highest BCUT2D eigenvalue weighted by molar-refractivity contribution is 5.87. The maximum atomic E-state index is 10.8. The van der Waals surface area contributed by atoms with Crippen LogP contribution >= 0.6 is 0 Å². The van der Waals surface area contributed by atoms with Gasteiger partial charge in [-0.05, 0) is 30.7 Å². The highest BCUT2D eigenvalue weighted by atomic mass is 16.5. The molecule has 0 aromatic carbocycles. The molecule has 1 aromatic rings. The first-order valence-electron chi connectivity index (χ1n) is 6.47. The van der Waals surface area contributed by atoms with Gasteiger partial charge < -0.3 is 9.84 Å². The fourth-order valence-corrected chi connectivity index (χ4v) is 2.54. The average Bonchev–Trinajstić information content (AvgIpc) is 2.37. The lowest BCUT2D eigenvalue weighted by molar-refractivity contribution is 0.0696. The Balaban J connectivity index is 1.89. The number of carboxylic acid groups (broad SMARTS) is 1. The molecule has 2 rings (SSSR count). The number of nitrogens with zero attached hydrogens (tertiary/aromatic N) is 1. The Morgan fingerprint density at radius 3 is 3.11 bits per heavy atom. The number of hydrogen-bond acceptors (Lipinski definition) is 3. The molecule has 0 amide bonds. The summed E-state index contributed by atoms with van der Waals surface area (Å²) < 4.78 is 5.61. The van der Waals surface area contributed by atoms with Crippen molar-refractivity contribution in [1.82, 2.24) is 4.98 Å². The summed E-state index contributed by atoms with van der Waals surface area (Å²) in [7, 11) is 0. The molecule has 98 valence electrons. The zero-order valence-corrected chi connectivity index (χ0v) is 10.6. The van der Waals surface area contributed by atoms with Crippen molar-refractivity contribution in [3.63, 3.8) is 0 Å². The summed E-state index contributed by atoms with van der Waals surface area (Å²) in [4.78, 5) is 14.9. The first-order valence-corrected chi connectivity index (χ1v) is 6.47. The molecule has 1 aromatic heterocycles. The number of carboxylic acids is 1. The van der Waals surface area contributed by atoms with Gasteiger partial charge in [-0.25, -0.2) is 9.78 Å². The second-order valence-electron chi connectivity index (χ2n) is 5.14. The zero-order chi connectivity index (χ0) is 13.0. The van der Waals surface area contributed by atoms with E-state index >= 15 is 0 Å². The molecular formula is C14H19NO3. The molecule has 0 saturated heterocycles. The van der Waals surface area contributed by atoms with Gasteiger partial charge in [0.05, 0.1) is 12.2 Å². The number of rotatable bonds is 4. The van der Waals surface area contributed by atoms with E-state index in [4.69, 9.17) is 9.84 Å². The fraction of sp³-hybridized carbons (Fsp3) is 0.571. The Bertz CT molecular complexity index is 419. The second-order valence-corrected chi connectivity index (χ2v) is 5.14. The minimum Gasteiger partial charge on any atom is -0.478 e. The van der Waals surface area contributed by atoms with Gasteiger partial charge in [0.25, 0.3) is 0 Å². The van der Waals surface area contributed by atoms with Crippen LogP contribution < -0.4 is 4.74 Å². The molecule has 1 fully saturated rings. The van der Waals surface area contributed by atoms with Crippen LogP contribution in [-0.2, 0) is 0 Å². The van der Waals surface area contributed by atoms with Crippen molar-refractivity contribution in [2.75, 3.05) is 6.61 Å². The van der Waals surface area contributed by atoms with Crippen LogP contribution in [0, 0.1) is 11.8 Å². The highest BCUT2D eigenvalue weighted by Crippen LogP contribution is 2.28. The quantitative estimate of drug-likeness (QED) is 0.891. The SMILES string of the molecule is CC1CCCC(COc2cc(C(=O)O)ccn2)C1. The van der Waals surface area contributed by atoms with Gasteiger partial charge in [-0.15, -0.1) is 0 Å². The molecular weight excluding hydrogens is 230 g/mol. The first kappa shape index (κ1) is 12.9. The van der Waals surface area contributed by atoms with Crippen LogP contribution in [0.3, 0.4) is 0 Å². The predicted molar refractivity (Wildman–Crippen MR) is 67.8 cm³/mol. The van der Waals surface area contributed by atoms with E-state index in [1.165, 1.54) is 44.0 Å². The molecule has 0 aliphatic heterocycles. The Kier molecular flexibility index (Phi) is 4.18. The van der Waals surface area contributed by atoms with Crippen molar-refractivity contribution in [1.29, 1.82) is 0 Å². The first-order chi connectivity index (χ1) is 8.65. The minimum absolute atomic E-state index is 0.219. The molecule has 2 unspecified atom stereocenters. The van der Waals surface area contributed by atoms with E-state index in [1.54, 1.807) is 0 Å². The molecule has 0 spiro atoms. The Hall–Kier alpha value is -1.58. The number of aromatic nitrogens is 1. The lowest BCUT2D eigenvalue weighted by Crippen LogP contribution is -2.20. The minimum atomic E-state index is -0.950. The molecule has 1 heterocycles. The molecule has 0 bridgehead atoms. The van der Waals surface area contributed by atoms with Gasteiger partial charge in [-0.2, -0.15) is 0 Å². The smallest absolute Gasteiger partial charge is 0.335 e. The van der Waals surface area contributed by atoms with Crippen molar-refractivity contribution < 1.29 is 14.6 Å². The van der Waals surface area contributed by atoms with E-state index in [0.717, 1.165) is 5.92 Å². The Morgan fingerprint density at radius 2 is 2.39 bits per heavy atom. The van der Waals surface area contributed by atoms with Crippen molar-refractivity contribution in [3.8, 4) is 5.88 Å². The summed E-state index contributed by atoms with van der Waals surface area (Å²) in [6.45, 7) is 2.91. The third kappa shape index (κ3) is 3.45. The van der Waals surface area contributed by atoms with Gasteiger partial charge in [0.15, 0.2) is 0 Å². The van der Waals surface area contributed by atoms with Crippen molar-refractivity contribution >= 4 is 5.97 Å². The van der Waals surface area contributed by atoms with Crippen LogP contribution in [-0.4, -0.2) is 22.7 Å². The highest BCUT2D eigenvalue weighted by Gasteiger charge is 2.19. The standard InChI is InChI=1S/C14H19NO3/c1-10-3-2-4-11(7-10)9-18-13-8-12(14(16)17)5-6-15-13/h5-6,8,10-11H,2-4,7,9H2,1H3,(H,16,17). The number of carbonyl (C=O) groups is 1. The van der Waals surface area contributed by atoms with Crippen molar-refractivity contribution in [2.45, 2.75) is 32.6 Å². The Labute approximate surface area is 107 Å². The van der Waals surface area contributed by atoms with Crippen molar-refractivity contribution in [3.05, 3.63) is 23.9 Å². The van der Waals surface area contributed by atoms with Gasteiger partial charge in [0.2, 0.25) is 5.88 Å². The zero-order valence-electron chi connectivity index (χ0n) is 10.6. The lowest BCUT2D eigenvalue weighted by atomic mass is 9.83. The normalized spacial score (nSPS) is 23.6. The van der Waals surface area contributed by atoms with Gasteiger partial charge in [-0.3, -0.25) is 0 Å². The molecule has 1 saturated carbocycles. The van der Waals surface area contributed by atoms with E-state index < -0.39 is 5.97 Å². The molecule has 2 atom stereocenters. The van der Waals surface area contributed by atoms with Crippen LogP contribution in [0.2, 0.25) is 0 Å². The summed E-state index contributed by atoms with van der Waals surface area (Å²) in [5.41, 5.74) is 0.219. The topological polar surface area (TPSA) is 59.4 Å². The van der Waals surface area contributed by atoms with Crippen LogP contribution in [0.15, 0.2) is 18.3 Å². The largest absolute Gasteiger partial charge is 0.478 e. The van der Waals surface area contributed by atoms with Crippen LogP contribution in [0.25, 0.3) is 0 Å². The van der Waals surface area contributed by atoms with Gasteiger partial charge >= 0.3 is 5.97 Å². The Morgan fingerprint density at radius 1 is 1.56 bits per heavy atom. The fourth-order valence-electron chi connectivity index (χ4n) is 2.54. The third-order valence-electron chi connectivity index (χ3n) is 3.49. The summed E-state index contributed by atoms with van der Waals surface area (Å²) >= 11 is 0. The molecule has 1 N–H and O–H groups in total. The number of hydrogen-bond donors (Lipinski definition) is 1. The van der Waals surface area contributed by atoms with E-state index in [9.17, 15) is 4.79 Å². The summed E-state index contributed by atoms with van der Waals surface area (Å²) in [6, 6.07) is 2.95. The van der Waals surface area contributed by atoms with E-state index in [2.05, 4.69) is 11.9 Å². The molecule has 1 aliphatic carbocycles. The summed E-state index contributed by atoms with van der Waals surface area (Å²) in [5.74, 6) is 0.802. The maximum Gasteiger partial charge on any atom is 0.335 e. The molecule has 0 radical (unpaired) electrons. The van der Waals surface area contributed by atoms with Crippen LogP contribution in [0.5, 0.6) is 5.88 Å². The number of aromatic carboxylic acids is 1. The second kappa shape index (κ2) is 5.85. The van der Waals surface area contributed by atoms with E-state index in [-0.39, 0.29) is 5.56 Å². The maximum absolute atomic E-state index is 10.8. The predicted octanol–water partition coefficient (Wildman–Crippen LogP) is 2.98. The molecule has 4 heteroatoms. The number of ether oxygens (including phenoxy) is 1.